The van der Waals surface area contributed by atoms with Crippen molar-refractivity contribution in [3.8, 4) is 0 Å². The number of rotatable bonds is 3. The maximum atomic E-state index is 10.3. The van der Waals surface area contributed by atoms with Gasteiger partial charge >= 0.3 is 0 Å². The minimum Gasteiger partial charge on any atom is -0.472 e. The van der Waals surface area contributed by atoms with Gasteiger partial charge < -0.3 is 9.52 Å². The summed E-state index contributed by atoms with van der Waals surface area (Å²) in [7, 11) is 0. The lowest BCUT2D eigenvalue weighted by Crippen LogP contribution is -2.04. The molecule has 0 amide bonds. The Kier molecular flexibility index (Phi) is 2.82. The molecule has 0 aliphatic heterocycles. The van der Waals surface area contributed by atoms with Crippen molar-refractivity contribution in [1.82, 2.24) is 4.98 Å². The van der Waals surface area contributed by atoms with E-state index in [1.807, 2.05) is 36.4 Å². The molecule has 2 aromatic heterocycles. The summed E-state index contributed by atoms with van der Waals surface area (Å²) in [4.78, 5) is 4.31. The molecular weight excluding hydrogens is 226 g/mol. The van der Waals surface area contributed by atoms with Crippen LogP contribution in [0.5, 0.6) is 0 Å². The maximum absolute atomic E-state index is 10.3. The third-order valence-electron chi connectivity index (χ3n) is 3.03. The van der Waals surface area contributed by atoms with Crippen molar-refractivity contribution in [3.05, 3.63) is 66.4 Å². The Morgan fingerprint density at radius 1 is 1.17 bits per heavy atom. The molecule has 0 aliphatic carbocycles. The van der Waals surface area contributed by atoms with Crippen LogP contribution in [0.1, 0.15) is 17.4 Å². The van der Waals surface area contributed by atoms with Gasteiger partial charge in [0.2, 0.25) is 0 Å². The van der Waals surface area contributed by atoms with E-state index in [2.05, 4.69) is 4.98 Å². The molecule has 0 bridgehead atoms. The number of furan rings is 1. The molecule has 2 heterocycles. The predicted octanol–water partition coefficient (Wildman–Crippen LogP) is 3.10. The van der Waals surface area contributed by atoms with Gasteiger partial charge in [0, 0.05) is 18.0 Å². The third kappa shape index (κ3) is 2.00. The summed E-state index contributed by atoms with van der Waals surface area (Å²) in [5.41, 5.74) is 1.69. The molecule has 0 aliphatic rings. The van der Waals surface area contributed by atoms with Gasteiger partial charge in [-0.2, -0.15) is 0 Å². The summed E-state index contributed by atoms with van der Waals surface area (Å²) in [6, 6.07) is 11.7. The van der Waals surface area contributed by atoms with E-state index in [1.165, 1.54) is 0 Å². The van der Waals surface area contributed by atoms with Crippen molar-refractivity contribution in [2.24, 2.45) is 0 Å². The van der Waals surface area contributed by atoms with Gasteiger partial charge in [-0.05, 0) is 23.1 Å². The van der Waals surface area contributed by atoms with Crippen LogP contribution in [0.3, 0.4) is 0 Å². The first-order valence-electron chi connectivity index (χ1n) is 5.87. The van der Waals surface area contributed by atoms with E-state index in [4.69, 9.17) is 4.42 Å². The molecule has 3 nitrogen and oxygen atoms in total. The molecule has 0 fully saturated rings. The highest BCUT2D eigenvalue weighted by Crippen LogP contribution is 2.24. The molecule has 3 rings (SSSR count). The highest BCUT2D eigenvalue weighted by molar-refractivity contribution is 5.84. The minimum absolute atomic E-state index is 0.511. The van der Waals surface area contributed by atoms with Crippen LogP contribution in [-0.2, 0) is 6.42 Å². The molecule has 3 aromatic rings. The highest BCUT2D eigenvalue weighted by atomic mass is 16.3. The van der Waals surface area contributed by atoms with Crippen LogP contribution in [-0.4, -0.2) is 10.1 Å². The van der Waals surface area contributed by atoms with Gasteiger partial charge in [-0.3, -0.25) is 4.98 Å². The number of hydrogen-bond donors (Lipinski definition) is 1. The van der Waals surface area contributed by atoms with Crippen molar-refractivity contribution in [2.45, 2.75) is 12.5 Å². The Morgan fingerprint density at radius 3 is 2.89 bits per heavy atom. The second kappa shape index (κ2) is 4.63. The Hall–Kier alpha value is -2.13. The summed E-state index contributed by atoms with van der Waals surface area (Å²) in [5.74, 6) is 0. The Balaban J connectivity index is 1.98. The molecule has 90 valence electrons. The molecule has 0 saturated heterocycles. The summed E-state index contributed by atoms with van der Waals surface area (Å²) >= 11 is 0. The zero-order valence-corrected chi connectivity index (χ0v) is 9.78. The summed E-state index contributed by atoms with van der Waals surface area (Å²) in [5, 5.41) is 12.4. The van der Waals surface area contributed by atoms with Crippen LogP contribution in [0.4, 0.5) is 0 Å². The Morgan fingerprint density at radius 2 is 2.06 bits per heavy atom. The first-order valence-corrected chi connectivity index (χ1v) is 5.87. The monoisotopic (exact) mass is 239 g/mol. The van der Waals surface area contributed by atoms with Crippen LogP contribution in [0.15, 0.2) is 59.5 Å². The van der Waals surface area contributed by atoms with Crippen LogP contribution < -0.4 is 0 Å². The summed E-state index contributed by atoms with van der Waals surface area (Å²) < 4.78 is 5.01. The standard InChI is InChI=1S/C15H13NO2/c17-14(9-11-6-8-18-10-11)15-13-4-2-1-3-12(13)5-7-16-15/h1-8,10,14,17H,9H2. The average molecular weight is 239 g/mol. The topological polar surface area (TPSA) is 46.3 Å². The number of aromatic nitrogens is 1. The number of aliphatic hydroxyl groups excluding tert-OH is 1. The molecule has 3 heteroatoms. The lowest BCUT2D eigenvalue weighted by molar-refractivity contribution is 0.175. The van der Waals surface area contributed by atoms with E-state index in [1.54, 1.807) is 18.7 Å². The van der Waals surface area contributed by atoms with Gasteiger partial charge in [0.15, 0.2) is 0 Å². The fourth-order valence-electron chi connectivity index (χ4n) is 2.14. The quantitative estimate of drug-likeness (QED) is 0.763. The maximum Gasteiger partial charge on any atom is 0.101 e. The van der Waals surface area contributed by atoms with Crippen LogP contribution >= 0.6 is 0 Å². The Labute approximate surface area is 105 Å². The first kappa shape index (κ1) is 11.0. The van der Waals surface area contributed by atoms with E-state index in [-0.39, 0.29) is 0 Å². The SMILES string of the molecule is OC(Cc1ccoc1)c1nccc2ccccc12. The molecule has 0 saturated carbocycles. The predicted molar refractivity (Wildman–Crippen MR) is 69.1 cm³/mol. The van der Waals surface area contributed by atoms with Crippen molar-refractivity contribution >= 4 is 10.8 Å². The van der Waals surface area contributed by atoms with Crippen molar-refractivity contribution in [1.29, 1.82) is 0 Å². The van der Waals surface area contributed by atoms with Gasteiger partial charge in [-0.1, -0.05) is 24.3 Å². The van der Waals surface area contributed by atoms with Gasteiger partial charge in [-0.25, -0.2) is 0 Å². The molecule has 18 heavy (non-hydrogen) atoms. The molecule has 0 radical (unpaired) electrons. The second-order valence-electron chi connectivity index (χ2n) is 4.27. The molecule has 1 atom stereocenters. The normalized spacial score (nSPS) is 12.7. The van der Waals surface area contributed by atoms with E-state index in [9.17, 15) is 5.11 Å². The number of aliphatic hydroxyl groups is 1. The minimum atomic E-state index is -0.617. The second-order valence-corrected chi connectivity index (χ2v) is 4.27. The lowest BCUT2D eigenvalue weighted by Gasteiger charge is -2.11. The van der Waals surface area contributed by atoms with Gasteiger partial charge in [-0.15, -0.1) is 0 Å². The number of fused-ring (bicyclic) bond motifs is 1. The number of hydrogen-bond acceptors (Lipinski definition) is 3. The zero-order valence-electron chi connectivity index (χ0n) is 9.78. The number of benzene rings is 1. The molecule has 1 aromatic carbocycles. The number of nitrogens with zero attached hydrogens (tertiary/aromatic N) is 1. The van der Waals surface area contributed by atoms with Gasteiger partial charge in [0.25, 0.3) is 0 Å². The molecule has 0 spiro atoms. The zero-order chi connectivity index (χ0) is 12.4. The fraction of sp³-hybridized carbons (Fsp3) is 0.133. The van der Waals surface area contributed by atoms with E-state index < -0.39 is 6.10 Å². The first-order chi connectivity index (χ1) is 8.84. The molecular formula is C15H13NO2. The largest absolute Gasteiger partial charge is 0.472 e. The van der Waals surface area contributed by atoms with E-state index >= 15 is 0 Å². The van der Waals surface area contributed by atoms with Gasteiger partial charge in [0.05, 0.1) is 18.2 Å². The van der Waals surface area contributed by atoms with Crippen LogP contribution in [0.2, 0.25) is 0 Å². The van der Waals surface area contributed by atoms with E-state index in [0.29, 0.717) is 12.1 Å². The summed E-state index contributed by atoms with van der Waals surface area (Å²) in [6.45, 7) is 0. The van der Waals surface area contributed by atoms with Crippen molar-refractivity contribution in [2.75, 3.05) is 0 Å². The van der Waals surface area contributed by atoms with Crippen molar-refractivity contribution in [3.63, 3.8) is 0 Å². The smallest absolute Gasteiger partial charge is 0.101 e. The number of pyridine rings is 1. The summed E-state index contributed by atoms with van der Waals surface area (Å²) in [6.07, 6.45) is 4.88. The van der Waals surface area contributed by atoms with Crippen molar-refractivity contribution < 1.29 is 9.52 Å². The molecule has 1 N–H and O–H groups in total. The average Bonchev–Trinajstić information content (AvgIpc) is 2.91. The molecule has 1 unspecified atom stereocenters. The third-order valence-corrected chi connectivity index (χ3v) is 3.03. The fourth-order valence-corrected chi connectivity index (χ4v) is 2.14. The van der Waals surface area contributed by atoms with Crippen LogP contribution in [0, 0.1) is 0 Å². The highest BCUT2D eigenvalue weighted by Gasteiger charge is 2.13. The van der Waals surface area contributed by atoms with Gasteiger partial charge in [0.1, 0.15) is 6.10 Å². The van der Waals surface area contributed by atoms with E-state index in [0.717, 1.165) is 16.3 Å². The van der Waals surface area contributed by atoms with Crippen LogP contribution in [0.25, 0.3) is 10.8 Å². The lowest BCUT2D eigenvalue weighted by atomic mass is 10.0. The Bertz CT molecular complexity index is 641.